The summed E-state index contributed by atoms with van der Waals surface area (Å²) in [6.07, 6.45) is 5.26. The summed E-state index contributed by atoms with van der Waals surface area (Å²) in [6.45, 7) is 6.67. The minimum absolute atomic E-state index is 0.216. The Morgan fingerprint density at radius 2 is 1.84 bits per heavy atom. The van der Waals surface area contributed by atoms with Crippen LogP contribution < -0.4 is 0 Å². The summed E-state index contributed by atoms with van der Waals surface area (Å²) < 4.78 is 0. The minimum Gasteiger partial charge on any atom is -0.357 e. The van der Waals surface area contributed by atoms with Crippen molar-refractivity contribution >= 4 is 26.8 Å². The van der Waals surface area contributed by atoms with Crippen molar-refractivity contribution < 1.29 is 0 Å². The second kappa shape index (κ2) is 9.10. The van der Waals surface area contributed by atoms with Crippen LogP contribution in [0.2, 0.25) is 0 Å². The van der Waals surface area contributed by atoms with E-state index in [1.807, 2.05) is 10.8 Å². The van der Waals surface area contributed by atoms with Crippen LogP contribution in [0.15, 0.2) is 4.99 Å². The van der Waals surface area contributed by atoms with Gasteiger partial charge in [0.25, 0.3) is 0 Å². The van der Waals surface area contributed by atoms with Crippen LogP contribution in [-0.4, -0.2) is 59.8 Å². The van der Waals surface area contributed by atoms with Gasteiger partial charge in [0.2, 0.25) is 0 Å². The smallest absolute Gasteiger partial charge is 0.174 e. The Balaban J connectivity index is 2.43. The molecule has 0 spiro atoms. The molecule has 0 aliphatic carbocycles. The molecule has 0 amide bonds. The maximum atomic E-state index is 4.75. The van der Waals surface area contributed by atoms with Crippen LogP contribution in [0.1, 0.15) is 39.5 Å². The first kappa shape index (κ1) is 17.1. The Morgan fingerprint density at radius 3 is 2.37 bits per heavy atom. The van der Waals surface area contributed by atoms with Crippen molar-refractivity contribution in [3.05, 3.63) is 0 Å². The molecule has 0 aromatic carbocycles. The second-order valence-electron chi connectivity index (χ2n) is 4.99. The molecule has 4 nitrogen and oxygen atoms in total. The predicted molar refractivity (Wildman–Crippen MR) is 89.2 cm³/mol. The first-order chi connectivity index (χ1) is 9.10. The summed E-state index contributed by atoms with van der Waals surface area (Å²) in [5, 5.41) is 5.82. The van der Waals surface area contributed by atoms with Gasteiger partial charge in [0.05, 0.1) is 0 Å². The highest BCUT2D eigenvalue weighted by Gasteiger charge is 2.27. The molecule has 0 saturated carbocycles. The number of nitrogens with zero attached hydrogens (tertiary/aromatic N) is 4. The Hall–Kier alpha value is 0.0900. The third-order valence-corrected chi connectivity index (χ3v) is 5.76. The van der Waals surface area contributed by atoms with E-state index in [4.69, 9.17) is 4.99 Å². The zero-order valence-electron chi connectivity index (χ0n) is 12.9. The molecule has 19 heavy (non-hydrogen) atoms. The number of aliphatic imine (C=N–C) groups is 1. The number of unbranched alkanes of at least 4 members (excludes halogenated alkanes) is 3. The summed E-state index contributed by atoms with van der Waals surface area (Å²) in [5.74, 6) is 0. The van der Waals surface area contributed by atoms with E-state index in [2.05, 4.69) is 49.9 Å². The highest BCUT2D eigenvalue weighted by atomic mass is 33.1. The Morgan fingerprint density at radius 1 is 1.11 bits per heavy atom. The molecule has 1 unspecified atom stereocenters. The van der Waals surface area contributed by atoms with Crippen LogP contribution in [-0.2, 0) is 0 Å². The molecule has 112 valence electrons. The summed E-state index contributed by atoms with van der Waals surface area (Å²) in [4.78, 5) is 6.84. The van der Waals surface area contributed by atoms with Crippen molar-refractivity contribution in [3.63, 3.8) is 0 Å². The average Bonchev–Trinajstić information content (AvgIpc) is 2.88. The fraction of sp³-hybridized carbons (Fsp3) is 0.923. The fourth-order valence-corrected chi connectivity index (χ4v) is 4.49. The summed E-state index contributed by atoms with van der Waals surface area (Å²) >= 11 is 0. The van der Waals surface area contributed by atoms with Crippen LogP contribution in [0.25, 0.3) is 0 Å². The van der Waals surface area contributed by atoms with Gasteiger partial charge in [-0.2, -0.15) is 0 Å². The van der Waals surface area contributed by atoms with Crippen molar-refractivity contribution in [3.8, 4) is 0 Å². The summed E-state index contributed by atoms with van der Waals surface area (Å²) in [7, 11) is 9.86. The van der Waals surface area contributed by atoms with E-state index in [-0.39, 0.29) is 5.50 Å². The highest BCUT2D eigenvalue weighted by molar-refractivity contribution is 8.82. The Labute approximate surface area is 126 Å². The lowest BCUT2D eigenvalue weighted by atomic mass is 10.2. The lowest BCUT2D eigenvalue weighted by Crippen LogP contribution is -2.44. The molecular weight excluding hydrogens is 276 g/mol. The quantitative estimate of drug-likeness (QED) is 0.388. The van der Waals surface area contributed by atoms with Crippen LogP contribution in [0, 0.1) is 0 Å². The maximum Gasteiger partial charge on any atom is 0.174 e. The molecule has 0 radical (unpaired) electrons. The molecule has 0 bridgehead atoms. The molecular formula is C13H28N4S2. The van der Waals surface area contributed by atoms with Crippen molar-refractivity contribution in [2.24, 2.45) is 4.99 Å². The number of hydrazine groups is 1. The summed E-state index contributed by atoms with van der Waals surface area (Å²) in [5.41, 5.74) is 0.216. The number of hydrogen-bond donors (Lipinski definition) is 0. The topological polar surface area (TPSA) is 22.1 Å². The van der Waals surface area contributed by atoms with Crippen molar-refractivity contribution in [1.29, 1.82) is 0 Å². The Bertz CT molecular complexity index is 284. The standard InChI is InChI=1S/C13H28N4S2/c1-6-8-9-10-11-17(7-2)16(5)13-14-12(15(3)4)18-19-13/h13H,6-11H2,1-5H3. The number of amidine groups is 1. The molecule has 0 aromatic rings. The largest absolute Gasteiger partial charge is 0.357 e. The lowest BCUT2D eigenvalue weighted by molar-refractivity contribution is -0.00450. The van der Waals surface area contributed by atoms with E-state index in [9.17, 15) is 0 Å². The zero-order chi connectivity index (χ0) is 14.3. The first-order valence-corrected chi connectivity index (χ1v) is 9.37. The third-order valence-electron chi connectivity index (χ3n) is 3.21. The lowest BCUT2D eigenvalue weighted by Gasteiger charge is -2.33. The highest BCUT2D eigenvalue weighted by Crippen LogP contribution is 2.38. The predicted octanol–water partition coefficient (Wildman–Crippen LogP) is 3.33. The van der Waals surface area contributed by atoms with Crippen LogP contribution >= 0.6 is 21.6 Å². The molecule has 1 aliphatic heterocycles. The van der Waals surface area contributed by atoms with E-state index in [1.54, 1.807) is 10.8 Å². The molecule has 1 atom stereocenters. The molecule has 0 saturated heterocycles. The van der Waals surface area contributed by atoms with Crippen LogP contribution in [0.4, 0.5) is 0 Å². The molecule has 1 aliphatic rings. The van der Waals surface area contributed by atoms with E-state index in [1.165, 1.54) is 25.7 Å². The van der Waals surface area contributed by atoms with Gasteiger partial charge >= 0.3 is 0 Å². The van der Waals surface area contributed by atoms with Gasteiger partial charge in [0.1, 0.15) is 0 Å². The van der Waals surface area contributed by atoms with Gasteiger partial charge in [-0.1, -0.05) is 33.1 Å². The molecule has 1 heterocycles. The van der Waals surface area contributed by atoms with Crippen molar-refractivity contribution in [2.45, 2.75) is 45.0 Å². The molecule has 6 heteroatoms. The Kier molecular flexibility index (Phi) is 8.21. The second-order valence-corrected chi connectivity index (χ2v) is 7.22. The van der Waals surface area contributed by atoms with Gasteiger partial charge in [-0.25, -0.2) is 15.0 Å². The van der Waals surface area contributed by atoms with Crippen LogP contribution in [0.3, 0.4) is 0 Å². The van der Waals surface area contributed by atoms with Crippen molar-refractivity contribution in [1.82, 2.24) is 14.9 Å². The van der Waals surface area contributed by atoms with E-state index in [0.29, 0.717) is 0 Å². The fourth-order valence-electron chi connectivity index (χ4n) is 1.96. The van der Waals surface area contributed by atoms with Gasteiger partial charge in [-0.3, -0.25) is 0 Å². The minimum atomic E-state index is 0.216. The number of hydrogen-bond acceptors (Lipinski definition) is 6. The van der Waals surface area contributed by atoms with E-state index >= 15 is 0 Å². The third kappa shape index (κ3) is 5.53. The van der Waals surface area contributed by atoms with Gasteiger partial charge in [-0.05, 0) is 28.0 Å². The average molecular weight is 305 g/mol. The van der Waals surface area contributed by atoms with Gasteiger partial charge in [-0.15, -0.1) is 0 Å². The molecule has 0 fully saturated rings. The molecule has 0 aromatic heterocycles. The van der Waals surface area contributed by atoms with E-state index in [0.717, 1.165) is 18.3 Å². The van der Waals surface area contributed by atoms with Crippen LogP contribution in [0.5, 0.6) is 0 Å². The number of rotatable bonds is 8. The van der Waals surface area contributed by atoms with Gasteiger partial charge in [0, 0.05) is 34.2 Å². The van der Waals surface area contributed by atoms with Gasteiger partial charge in [0.15, 0.2) is 10.7 Å². The van der Waals surface area contributed by atoms with Crippen molar-refractivity contribution in [2.75, 3.05) is 34.2 Å². The van der Waals surface area contributed by atoms with Gasteiger partial charge < -0.3 is 4.90 Å². The normalized spacial score (nSPS) is 19.3. The van der Waals surface area contributed by atoms with E-state index < -0.39 is 0 Å². The first-order valence-electron chi connectivity index (χ1n) is 7.16. The molecule has 1 rings (SSSR count). The maximum absolute atomic E-state index is 4.75. The molecule has 0 N–H and O–H groups in total. The zero-order valence-corrected chi connectivity index (χ0v) is 14.6. The monoisotopic (exact) mass is 304 g/mol. The SMILES string of the molecule is CCCCCCN(CC)N(C)C1N=C(N(C)C)SS1. The summed E-state index contributed by atoms with van der Waals surface area (Å²) in [6, 6.07) is 0.